The molecule has 1 aromatic heterocycles. The Hall–Kier alpha value is -1.56. The molecule has 7 heteroatoms. The second-order valence-electron chi connectivity index (χ2n) is 2.64. The van der Waals surface area contributed by atoms with Gasteiger partial charge in [-0.05, 0) is 18.9 Å². The van der Waals surface area contributed by atoms with Gasteiger partial charge < -0.3 is 0 Å². The Morgan fingerprint density at radius 1 is 1.50 bits per heavy atom. The van der Waals surface area contributed by atoms with Crippen LogP contribution in [0.25, 0.3) is 0 Å². The summed E-state index contributed by atoms with van der Waals surface area (Å²) >= 11 is 5.72. The van der Waals surface area contributed by atoms with Crippen LogP contribution in [0.5, 0.6) is 0 Å². The molecule has 0 saturated carbocycles. The molecule has 0 aromatic carbocycles. The summed E-state index contributed by atoms with van der Waals surface area (Å²) in [4.78, 5) is 20.7. The van der Waals surface area contributed by atoms with Gasteiger partial charge in [-0.15, -0.1) is 10.0 Å². The molecule has 1 N–H and O–H groups in total. The first-order valence-electron chi connectivity index (χ1n) is 3.74. The van der Waals surface area contributed by atoms with E-state index in [9.17, 15) is 9.70 Å². The van der Waals surface area contributed by atoms with Crippen LogP contribution in [0.4, 0.5) is 5.82 Å². The van der Waals surface area contributed by atoms with Crippen molar-refractivity contribution in [3.63, 3.8) is 0 Å². The van der Waals surface area contributed by atoms with E-state index in [4.69, 9.17) is 11.6 Å². The molecule has 0 aliphatic rings. The fourth-order valence-corrected chi connectivity index (χ4v) is 1.12. The number of halogens is 1. The molecule has 0 atom stereocenters. The number of nitrogens with one attached hydrogen (secondary N) is 1. The minimum Gasteiger partial charge on any atom is -0.248 e. The zero-order chi connectivity index (χ0) is 10.7. The highest BCUT2D eigenvalue weighted by molar-refractivity contribution is 6.30. The van der Waals surface area contributed by atoms with Gasteiger partial charge in [0.1, 0.15) is 0 Å². The zero-order valence-electron chi connectivity index (χ0n) is 7.61. The van der Waals surface area contributed by atoms with Gasteiger partial charge in [-0.3, -0.25) is 0 Å². The monoisotopic (exact) mass is 215 g/mol. The number of nitrogens with zero attached hydrogens (tertiary/aromatic N) is 3. The minimum atomic E-state index is 0.219. The van der Waals surface area contributed by atoms with Crippen LogP contribution in [0.2, 0.25) is 5.15 Å². The summed E-state index contributed by atoms with van der Waals surface area (Å²) in [6, 6.07) is 0. The van der Waals surface area contributed by atoms with E-state index in [-0.39, 0.29) is 5.82 Å². The number of carbonyl (C=O) groups is 1. The number of carbonyl (C=O) groups excluding carboxylic acids is 1. The summed E-state index contributed by atoms with van der Waals surface area (Å²) in [5, 5.41) is 9.58. The molecular weight excluding hydrogens is 208 g/mol. The maximum atomic E-state index is 10.4. The van der Waals surface area contributed by atoms with Crippen LogP contribution < -0.4 is 10.1 Å². The maximum absolute atomic E-state index is 10.4. The van der Waals surface area contributed by atoms with Gasteiger partial charge in [0.2, 0.25) is 0 Å². The van der Waals surface area contributed by atoms with Gasteiger partial charge in [0.15, 0.2) is 10.4 Å². The summed E-state index contributed by atoms with van der Waals surface area (Å²) in [6.45, 7) is 3.44. The first kappa shape index (κ1) is 10.5. The predicted octanol–water partition coefficient (Wildman–Crippen LogP) is 0.810. The van der Waals surface area contributed by atoms with Crippen molar-refractivity contribution in [3.8, 4) is 0 Å². The number of amides is 1. The number of anilines is 1. The standard InChI is InChI=1S/C7H7ClN4O2/c1-4-5(2)7(10-9-6(4)8)12(3-13)11-14/h3H,1-2H3/p+1. The number of aromatic amines is 1. The lowest BCUT2D eigenvalue weighted by molar-refractivity contribution is -0.441. The molecule has 1 amide bonds. The van der Waals surface area contributed by atoms with E-state index in [1.54, 1.807) is 13.8 Å². The van der Waals surface area contributed by atoms with E-state index in [1.807, 2.05) is 0 Å². The van der Waals surface area contributed by atoms with E-state index in [0.717, 1.165) is 0 Å². The van der Waals surface area contributed by atoms with Crippen LogP contribution >= 0.6 is 11.6 Å². The van der Waals surface area contributed by atoms with Crippen LogP contribution in [0.15, 0.2) is 5.29 Å². The topological polar surface area (TPSA) is 76.8 Å². The Morgan fingerprint density at radius 2 is 2.14 bits per heavy atom. The first-order valence-corrected chi connectivity index (χ1v) is 4.11. The normalized spacial score (nSPS) is 9.64. The van der Waals surface area contributed by atoms with Crippen molar-refractivity contribution in [2.24, 2.45) is 5.29 Å². The van der Waals surface area contributed by atoms with Crippen molar-refractivity contribution in [3.05, 3.63) is 21.2 Å². The third kappa shape index (κ3) is 1.69. The number of H-pyrrole nitrogens is 1. The smallest absolute Gasteiger partial charge is 0.248 e. The summed E-state index contributed by atoms with van der Waals surface area (Å²) in [5.41, 5.74) is 1.34. The Balaban J connectivity index is 3.29. The van der Waals surface area contributed by atoms with Crippen LogP contribution in [0.1, 0.15) is 11.1 Å². The van der Waals surface area contributed by atoms with Crippen LogP contribution in [-0.4, -0.2) is 11.5 Å². The van der Waals surface area contributed by atoms with E-state index >= 15 is 0 Å². The molecule has 0 saturated heterocycles. The molecule has 0 aliphatic carbocycles. The number of aromatic nitrogens is 2. The van der Waals surface area contributed by atoms with Crippen molar-refractivity contribution in [2.75, 3.05) is 5.01 Å². The molecule has 0 spiro atoms. The summed E-state index contributed by atoms with van der Waals surface area (Å²) in [7, 11) is 0. The Morgan fingerprint density at radius 3 is 2.64 bits per heavy atom. The second-order valence-corrected chi connectivity index (χ2v) is 3.00. The summed E-state index contributed by atoms with van der Waals surface area (Å²) < 4.78 is 0. The lowest BCUT2D eigenvalue weighted by atomic mass is 10.2. The average Bonchev–Trinajstić information content (AvgIpc) is 2.19. The Labute approximate surface area is 84.8 Å². The van der Waals surface area contributed by atoms with Gasteiger partial charge >= 0.3 is 12.2 Å². The summed E-state index contributed by atoms with van der Waals surface area (Å²) in [6.07, 6.45) is 0.293. The molecule has 0 unspecified atom stereocenters. The van der Waals surface area contributed by atoms with E-state index in [1.165, 1.54) is 0 Å². The third-order valence-corrected chi connectivity index (χ3v) is 2.27. The van der Waals surface area contributed by atoms with Crippen LogP contribution in [0, 0.1) is 18.8 Å². The van der Waals surface area contributed by atoms with E-state index in [2.05, 4.69) is 15.5 Å². The lowest BCUT2D eigenvalue weighted by Crippen LogP contribution is -2.26. The molecule has 14 heavy (non-hydrogen) atoms. The average molecular weight is 216 g/mol. The largest absolute Gasteiger partial charge is 0.334 e. The van der Waals surface area contributed by atoms with Gasteiger partial charge in [-0.2, -0.15) is 0 Å². The number of hydrogen-bond acceptors (Lipinski definition) is 4. The maximum Gasteiger partial charge on any atom is 0.334 e. The fraction of sp³-hybridized carbons (Fsp3) is 0.286. The molecule has 1 heterocycles. The van der Waals surface area contributed by atoms with Crippen molar-refractivity contribution in [1.29, 1.82) is 0 Å². The molecule has 1 rings (SSSR count). The molecule has 74 valence electrons. The second kappa shape index (κ2) is 4.10. The number of nitroso groups, excluding NO2 is 1. The lowest BCUT2D eigenvalue weighted by Gasteiger charge is -2.03. The third-order valence-electron chi connectivity index (χ3n) is 1.90. The molecular formula is C7H8ClN4O2+. The van der Waals surface area contributed by atoms with Gasteiger partial charge in [-0.1, -0.05) is 16.7 Å². The molecule has 1 aromatic rings. The van der Waals surface area contributed by atoms with Crippen LogP contribution in [0.3, 0.4) is 0 Å². The molecule has 0 fully saturated rings. The van der Waals surface area contributed by atoms with Crippen LogP contribution in [-0.2, 0) is 4.79 Å². The van der Waals surface area contributed by atoms with E-state index < -0.39 is 0 Å². The van der Waals surface area contributed by atoms with Crippen molar-refractivity contribution < 1.29 is 9.89 Å². The van der Waals surface area contributed by atoms with Gasteiger partial charge in [0.25, 0.3) is 0 Å². The molecule has 0 radical (unpaired) electrons. The Bertz CT molecular complexity index is 374. The number of hydrogen-bond donors (Lipinski definition) is 0. The first-order chi connectivity index (χ1) is 6.61. The van der Waals surface area contributed by atoms with Gasteiger partial charge in [-0.25, -0.2) is 4.79 Å². The fourth-order valence-electron chi connectivity index (χ4n) is 0.938. The quantitative estimate of drug-likeness (QED) is 0.425. The predicted molar refractivity (Wildman–Crippen MR) is 49.6 cm³/mol. The summed E-state index contributed by atoms with van der Waals surface area (Å²) in [5.74, 6) is 0.219. The molecule has 0 aliphatic heterocycles. The highest BCUT2D eigenvalue weighted by atomic mass is 35.5. The highest BCUT2D eigenvalue weighted by Crippen LogP contribution is 2.20. The SMILES string of the molecule is Cc1c(Cl)n[nH+]c(N(C=O)N=O)c1C. The minimum absolute atomic E-state index is 0.219. The van der Waals surface area contributed by atoms with Crippen molar-refractivity contribution >= 4 is 23.8 Å². The van der Waals surface area contributed by atoms with Crippen molar-refractivity contribution in [1.82, 2.24) is 5.10 Å². The zero-order valence-corrected chi connectivity index (χ0v) is 8.37. The number of rotatable bonds is 3. The van der Waals surface area contributed by atoms with Gasteiger partial charge in [0.05, 0.1) is 0 Å². The Kier molecular flexibility index (Phi) is 3.08. The van der Waals surface area contributed by atoms with Crippen molar-refractivity contribution in [2.45, 2.75) is 13.8 Å². The molecule has 6 nitrogen and oxygen atoms in total. The molecule has 0 bridgehead atoms. The van der Waals surface area contributed by atoms with E-state index in [0.29, 0.717) is 27.7 Å². The van der Waals surface area contributed by atoms with Gasteiger partial charge in [0, 0.05) is 11.1 Å². The highest BCUT2D eigenvalue weighted by Gasteiger charge is 2.22.